The maximum Gasteiger partial charge on any atom is 0.180 e. The first kappa shape index (κ1) is 21.7. The lowest BCUT2D eigenvalue weighted by atomic mass is 9.97. The smallest absolute Gasteiger partial charge is 0.180 e. The summed E-state index contributed by atoms with van der Waals surface area (Å²) >= 11 is 0. The Morgan fingerprint density at radius 2 is 1.76 bits per heavy atom. The van der Waals surface area contributed by atoms with E-state index in [9.17, 15) is 0 Å². The van der Waals surface area contributed by atoms with Crippen molar-refractivity contribution in [2.24, 2.45) is 0 Å². The number of hydrogen-bond donors (Lipinski definition) is 1. The monoisotopic (exact) mass is 449 g/mol. The van der Waals surface area contributed by atoms with Crippen molar-refractivity contribution in [2.45, 2.75) is 39.7 Å². The second-order valence-electron chi connectivity index (χ2n) is 8.43. The first-order valence-electron chi connectivity index (χ1n) is 11.6. The van der Waals surface area contributed by atoms with Crippen molar-refractivity contribution in [3.63, 3.8) is 0 Å². The number of nitrogens with one attached hydrogen (secondary N) is 1. The highest BCUT2D eigenvalue weighted by atomic mass is 15.5. The van der Waals surface area contributed by atoms with E-state index in [0.29, 0.717) is 12.4 Å². The van der Waals surface area contributed by atoms with E-state index < -0.39 is 0 Å². The van der Waals surface area contributed by atoms with Crippen LogP contribution in [0, 0.1) is 6.92 Å². The largest absolute Gasteiger partial charge is 0.330 e. The molecule has 34 heavy (non-hydrogen) atoms. The molecule has 1 N–H and O–H groups in total. The van der Waals surface area contributed by atoms with Gasteiger partial charge in [0, 0.05) is 30.4 Å². The molecule has 0 aliphatic rings. The van der Waals surface area contributed by atoms with Crippen LogP contribution in [0.3, 0.4) is 0 Å². The van der Waals surface area contributed by atoms with Crippen LogP contribution in [0.15, 0.2) is 72.9 Å². The summed E-state index contributed by atoms with van der Waals surface area (Å²) in [4.78, 5) is 9.63. The maximum absolute atomic E-state index is 4.95. The Labute approximate surface area is 198 Å². The van der Waals surface area contributed by atoms with E-state index in [2.05, 4.69) is 73.6 Å². The summed E-state index contributed by atoms with van der Waals surface area (Å²) in [6.07, 6.45) is 5.27. The molecule has 0 aliphatic heterocycles. The number of imidazole rings is 1. The topological polar surface area (TPSA) is 85.2 Å². The number of aryl methyl sites for hydroxylation is 2. The molecule has 5 aromatic rings. The van der Waals surface area contributed by atoms with Gasteiger partial charge in [-0.15, -0.1) is 5.10 Å². The van der Waals surface area contributed by atoms with E-state index in [1.165, 1.54) is 0 Å². The SMILES string of the molecule is CCCCc1nc(-c2cccc(C)n2)cn1Cc1ccc(-c2ccccc2)c(-c2nnn[nH]2)c1. The second-order valence-corrected chi connectivity index (χ2v) is 8.43. The number of aromatic amines is 1. The lowest BCUT2D eigenvalue weighted by Crippen LogP contribution is -2.05. The first-order valence-corrected chi connectivity index (χ1v) is 11.6. The third-order valence-electron chi connectivity index (χ3n) is 5.89. The van der Waals surface area contributed by atoms with E-state index in [-0.39, 0.29) is 0 Å². The summed E-state index contributed by atoms with van der Waals surface area (Å²) in [5.74, 6) is 1.73. The Morgan fingerprint density at radius 1 is 0.882 bits per heavy atom. The molecule has 0 spiro atoms. The summed E-state index contributed by atoms with van der Waals surface area (Å²) in [6.45, 7) is 4.92. The number of pyridine rings is 1. The number of hydrogen-bond acceptors (Lipinski definition) is 5. The zero-order chi connectivity index (χ0) is 23.3. The van der Waals surface area contributed by atoms with Gasteiger partial charge in [0.05, 0.1) is 5.69 Å². The number of tetrazole rings is 1. The Kier molecular flexibility index (Phi) is 6.25. The predicted molar refractivity (Wildman–Crippen MR) is 133 cm³/mol. The average molecular weight is 450 g/mol. The van der Waals surface area contributed by atoms with Gasteiger partial charge in [0.15, 0.2) is 5.82 Å². The molecule has 0 saturated carbocycles. The molecule has 0 bridgehead atoms. The fourth-order valence-corrected chi connectivity index (χ4v) is 4.16. The lowest BCUT2D eigenvalue weighted by Gasteiger charge is -2.12. The van der Waals surface area contributed by atoms with Gasteiger partial charge in [0.25, 0.3) is 0 Å². The van der Waals surface area contributed by atoms with Crippen LogP contribution >= 0.6 is 0 Å². The zero-order valence-corrected chi connectivity index (χ0v) is 19.4. The van der Waals surface area contributed by atoms with E-state index in [4.69, 9.17) is 4.98 Å². The predicted octanol–water partition coefficient (Wildman–Crippen LogP) is 5.49. The van der Waals surface area contributed by atoms with Crippen molar-refractivity contribution in [1.82, 2.24) is 35.2 Å². The Morgan fingerprint density at radius 3 is 2.53 bits per heavy atom. The Balaban J connectivity index is 1.53. The van der Waals surface area contributed by atoms with E-state index >= 15 is 0 Å². The molecule has 3 heterocycles. The van der Waals surface area contributed by atoms with Gasteiger partial charge in [0.1, 0.15) is 11.5 Å². The normalized spacial score (nSPS) is 11.1. The van der Waals surface area contributed by atoms with Crippen LogP contribution in [-0.2, 0) is 13.0 Å². The van der Waals surface area contributed by atoms with Gasteiger partial charge in [-0.05, 0) is 58.7 Å². The van der Waals surface area contributed by atoms with Gasteiger partial charge in [0.2, 0.25) is 0 Å². The number of benzene rings is 2. The van der Waals surface area contributed by atoms with Crippen LogP contribution in [0.5, 0.6) is 0 Å². The van der Waals surface area contributed by atoms with Crippen molar-refractivity contribution in [1.29, 1.82) is 0 Å². The molecule has 3 aromatic heterocycles. The molecule has 0 saturated heterocycles. The molecule has 7 nitrogen and oxygen atoms in total. The number of H-pyrrole nitrogens is 1. The Hall–Kier alpha value is -4.13. The van der Waals surface area contributed by atoms with Crippen molar-refractivity contribution in [3.05, 3.63) is 90.0 Å². The van der Waals surface area contributed by atoms with Gasteiger partial charge >= 0.3 is 0 Å². The number of rotatable bonds is 8. The highest BCUT2D eigenvalue weighted by Crippen LogP contribution is 2.31. The van der Waals surface area contributed by atoms with Crippen LogP contribution in [0.1, 0.15) is 36.8 Å². The first-order chi connectivity index (χ1) is 16.7. The quantitative estimate of drug-likeness (QED) is 0.338. The molecule has 5 rings (SSSR count). The number of nitrogens with zero attached hydrogens (tertiary/aromatic N) is 6. The van der Waals surface area contributed by atoms with Crippen LogP contribution in [-0.4, -0.2) is 35.2 Å². The average Bonchev–Trinajstić information content (AvgIpc) is 3.54. The third kappa shape index (κ3) is 4.64. The van der Waals surface area contributed by atoms with Gasteiger partial charge in [-0.2, -0.15) is 0 Å². The molecule has 0 unspecified atom stereocenters. The Bertz CT molecular complexity index is 1370. The molecule has 0 fully saturated rings. The summed E-state index contributed by atoms with van der Waals surface area (Å²) in [5.41, 5.74) is 7.15. The van der Waals surface area contributed by atoms with Crippen molar-refractivity contribution >= 4 is 0 Å². The number of aromatic nitrogens is 7. The third-order valence-corrected chi connectivity index (χ3v) is 5.89. The van der Waals surface area contributed by atoms with Crippen LogP contribution < -0.4 is 0 Å². The van der Waals surface area contributed by atoms with Gasteiger partial charge < -0.3 is 4.57 Å². The zero-order valence-electron chi connectivity index (χ0n) is 19.4. The molecule has 170 valence electrons. The maximum atomic E-state index is 4.95. The molecule has 7 heteroatoms. The molecular weight excluding hydrogens is 422 g/mol. The summed E-state index contributed by atoms with van der Waals surface area (Å²) < 4.78 is 2.24. The highest BCUT2D eigenvalue weighted by Gasteiger charge is 2.15. The molecule has 0 amide bonds. The molecule has 2 aromatic carbocycles. The van der Waals surface area contributed by atoms with Crippen molar-refractivity contribution in [2.75, 3.05) is 0 Å². The minimum atomic E-state index is 0.655. The minimum absolute atomic E-state index is 0.655. The fourth-order valence-electron chi connectivity index (χ4n) is 4.16. The lowest BCUT2D eigenvalue weighted by molar-refractivity contribution is 0.678. The standard InChI is InChI=1S/C27H27N7/c1-3-4-13-26-29-25(24-12-8-9-19(2)28-24)18-34(26)17-20-14-15-22(21-10-6-5-7-11-21)23(16-20)27-30-32-33-31-27/h5-12,14-16,18H,3-4,13,17H2,1-2H3,(H,30,31,32,33). The second kappa shape index (κ2) is 9.79. The van der Waals surface area contributed by atoms with Gasteiger partial charge in [-0.3, -0.25) is 4.98 Å². The van der Waals surface area contributed by atoms with Crippen LogP contribution in [0.25, 0.3) is 33.9 Å². The summed E-state index contributed by atoms with van der Waals surface area (Å²) in [5, 5.41) is 14.7. The minimum Gasteiger partial charge on any atom is -0.330 e. The highest BCUT2D eigenvalue weighted by molar-refractivity contribution is 5.80. The molecule has 0 aliphatic carbocycles. The molecule has 0 atom stereocenters. The summed E-state index contributed by atoms with van der Waals surface area (Å²) in [7, 11) is 0. The van der Waals surface area contributed by atoms with E-state index in [1.807, 2.05) is 43.3 Å². The van der Waals surface area contributed by atoms with E-state index in [1.54, 1.807) is 0 Å². The van der Waals surface area contributed by atoms with E-state index in [0.717, 1.165) is 64.4 Å². The van der Waals surface area contributed by atoms with Gasteiger partial charge in [-0.1, -0.05) is 61.9 Å². The van der Waals surface area contributed by atoms with Crippen LogP contribution in [0.2, 0.25) is 0 Å². The fraction of sp³-hybridized carbons (Fsp3) is 0.222. The van der Waals surface area contributed by atoms with Crippen molar-refractivity contribution in [3.8, 4) is 33.9 Å². The summed E-state index contributed by atoms with van der Waals surface area (Å²) in [6, 6.07) is 22.8. The van der Waals surface area contributed by atoms with Gasteiger partial charge in [-0.25, -0.2) is 10.1 Å². The number of unbranched alkanes of at least 4 members (excludes halogenated alkanes) is 1. The van der Waals surface area contributed by atoms with Crippen LogP contribution in [0.4, 0.5) is 0 Å². The van der Waals surface area contributed by atoms with Crippen molar-refractivity contribution < 1.29 is 0 Å². The molecular formula is C27H27N7. The molecule has 0 radical (unpaired) electrons.